The van der Waals surface area contributed by atoms with Gasteiger partial charge in [-0.1, -0.05) is 25.1 Å². The molecule has 2 N–H and O–H groups in total. The van der Waals surface area contributed by atoms with E-state index in [9.17, 15) is 13.2 Å². The van der Waals surface area contributed by atoms with E-state index in [4.69, 9.17) is 0 Å². The van der Waals surface area contributed by atoms with Gasteiger partial charge in [0.1, 0.15) is 0 Å². The Morgan fingerprint density at radius 3 is 2.50 bits per heavy atom. The lowest BCUT2D eigenvalue weighted by atomic mass is 10.3. The van der Waals surface area contributed by atoms with Gasteiger partial charge in [0.25, 0.3) is 0 Å². The van der Waals surface area contributed by atoms with Gasteiger partial charge in [0.2, 0.25) is 5.91 Å². The third-order valence-corrected chi connectivity index (χ3v) is 4.11. The van der Waals surface area contributed by atoms with Gasteiger partial charge in [0.05, 0.1) is 12.3 Å². The standard InChI is InChI=1S/C12H18N2O3S/c1-2-18(16,17)9-8-13-12(15)10-14-11-6-4-3-5-7-11/h3-7,14H,2,8-10H2,1H3,(H,13,15). The molecule has 1 amide bonds. The van der Waals surface area contributed by atoms with E-state index in [1.54, 1.807) is 6.92 Å². The maximum absolute atomic E-state index is 11.4. The van der Waals surface area contributed by atoms with Crippen molar-refractivity contribution in [3.8, 4) is 0 Å². The number of hydrogen-bond acceptors (Lipinski definition) is 4. The van der Waals surface area contributed by atoms with Gasteiger partial charge in [0.15, 0.2) is 9.84 Å². The fourth-order valence-corrected chi connectivity index (χ4v) is 1.99. The van der Waals surface area contributed by atoms with Crippen molar-refractivity contribution in [1.82, 2.24) is 5.32 Å². The molecule has 0 aromatic heterocycles. The van der Waals surface area contributed by atoms with Crippen molar-refractivity contribution in [3.63, 3.8) is 0 Å². The molecular formula is C12H18N2O3S. The second-order valence-electron chi connectivity index (χ2n) is 3.81. The Morgan fingerprint density at radius 2 is 1.89 bits per heavy atom. The van der Waals surface area contributed by atoms with Crippen LogP contribution in [0, 0.1) is 0 Å². The summed E-state index contributed by atoms with van der Waals surface area (Å²) in [6, 6.07) is 9.34. The van der Waals surface area contributed by atoms with Gasteiger partial charge >= 0.3 is 0 Å². The Hall–Kier alpha value is -1.56. The highest BCUT2D eigenvalue weighted by atomic mass is 32.2. The average Bonchev–Trinajstić information content (AvgIpc) is 2.37. The van der Waals surface area contributed by atoms with Crippen molar-refractivity contribution < 1.29 is 13.2 Å². The van der Waals surface area contributed by atoms with Crippen LogP contribution >= 0.6 is 0 Å². The van der Waals surface area contributed by atoms with Gasteiger partial charge in [-0.3, -0.25) is 4.79 Å². The van der Waals surface area contributed by atoms with Gasteiger partial charge in [-0.2, -0.15) is 0 Å². The smallest absolute Gasteiger partial charge is 0.239 e. The number of carbonyl (C=O) groups excluding carboxylic acids is 1. The number of rotatable bonds is 7. The molecular weight excluding hydrogens is 252 g/mol. The van der Waals surface area contributed by atoms with Crippen molar-refractivity contribution in [2.45, 2.75) is 6.92 Å². The van der Waals surface area contributed by atoms with E-state index in [0.29, 0.717) is 0 Å². The maximum atomic E-state index is 11.4. The van der Waals surface area contributed by atoms with Crippen molar-refractivity contribution in [1.29, 1.82) is 0 Å². The zero-order valence-electron chi connectivity index (χ0n) is 10.3. The van der Waals surface area contributed by atoms with Crippen LogP contribution in [-0.2, 0) is 14.6 Å². The lowest BCUT2D eigenvalue weighted by molar-refractivity contribution is -0.119. The van der Waals surface area contributed by atoms with Gasteiger partial charge in [0, 0.05) is 18.0 Å². The number of amides is 1. The second-order valence-corrected chi connectivity index (χ2v) is 6.28. The van der Waals surface area contributed by atoms with Crippen LogP contribution < -0.4 is 10.6 Å². The molecule has 0 saturated carbocycles. The molecule has 0 aliphatic rings. The minimum atomic E-state index is -3.02. The third-order valence-electron chi connectivity index (χ3n) is 2.40. The second kappa shape index (κ2) is 7.00. The quantitative estimate of drug-likeness (QED) is 0.763. The van der Waals surface area contributed by atoms with Crippen molar-refractivity contribution in [2.75, 3.05) is 29.9 Å². The molecule has 0 bridgehead atoms. The van der Waals surface area contributed by atoms with Crippen LogP contribution in [0.15, 0.2) is 30.3 Å². The number of nitrogens with one attached hydrogen (secondary N) is 2. The van der Waals surface area contributed by atoms with Crippen LogP contribution in [0.2, 0.25) is 0 Å². The Balaban J connectivity index is 2.23. The van der Waals surface area contributed by atoms with Crippen LogP contribution in [0.5, 0.6) is 0 Å². The first-order valence-electron chi connectivity index (χ1n) is 5.79. The molecule has 0 atom stereocenters. The summed E-state index contributed by atoms with van der Waals surface area (Å²) in [5, 5.41) is 5.51. The fraction of sp³-hybridized carbons (Fsp3) is 0.417. The van der Waals surface area contributed by atoms with E-state index in [1.165, 1.54) is 0 Å². The molecule has 0 radical (unpaired) electrons. The summed E-state index contributed by atoms with van der Waals surface area (Å²) in [7, 11) is -3.02. The number of carbonyl (C=O) groups is 1. The minimum Gasteiger partial charge on any atom is -0.376 e. The maximum Gasteiger partial charge on any atom is 0.239 e. The zero-order valence-corrected chi connectivity index (χ0v) is 11.2. The van der Waals surface area contributed by atoms with Crippen molar-refractivity contribution >= 4 is 21.4 Å². The van der Waals surface area contributed by atoms with Crippen LogP contribution in [0.3, 0.4) is 0 Å². The molecule has 18 heavy (non-hydrogen) atoms. The Kier molecular flexibility index (Phi) is 5.64. The van der Waals surface area contributed by atoms with Crippen LogP contribution in [0.4, 0.5) is 5.69 Å². The first-order chi connectivity index (χ1) is 8.53. The number of anilines is 1. The summed E-state index contributed by atoms with van der Waals surface area (Å²) in [6.45, 7) is 1.88. The lowest BCUT2D eigenvalue weighted by Gasteiger charge is -2.07. The van der Waals surface area contributed by atoms with E-state index in [1.807, 2.05) is 30.3 Å². The largest absolute Gasteiger partial charge is 0.376 e. The summed E-state index contributed by atoms with van der Waals surface area (Å²) < 4.78 is 22.4. The summed E-state index contributed by atoms with van der Waals surface area (Å²) in [5.41, 5.74) is 0.855. The highest BCUT2D eigenvalue weighted by Crippen LogP contribution is 2.03. The van der Waals surface area contributed by atoms with Crippen molar-refractivity contribution in [2.24, 2.45) is 0 Å². The van der Waals surface area contributed by atoms with Gasteiger partial charge in [-0.15, -0.1) is 0 Å². The van der Waals surface area contributed by atoms with E-state index in [0.717, 1.165) is 5.69 Å². The average molecular weight is 270 g/mol. The molecule has 100 valence electrons. The first kappa shape index (κ1) is 14.5. The molecule has 1 rings (SSSR count). The molecule has 5 nitrogen and oxygen atoms in total. The monoisotopic (exact) mass is 270 g/mol. The van der Waals surface area contributed by atoms with E-state index >= 15 is 0 Å². The molecule has 0 aliphatic carbocycles. The van der Waals surface area contributed by atoms with Gasteiger partial charge < -0.3 is 10.6 Å². The summed E-state index contributed by atoms with van der Waals surface area (Å²) in [4.78, 5) is 11.4. The first-order valence-corrected chi connectivity index (χ1v) is 7.61. The highest BCUT2D eigenvalue weighted by Gasteiger charge is 2.07. The van der Waals surface area contributed by atoms with E-state index in [2.05, 4.69) is 10.6 Å². The third kappa shape index (κ3) is 5.67. The summed E-state index contributed by atoms with van der Waals surface area (Å²) in [5.74, 6) is -0.128. The molecule has 0 unspecified atom stereocenters. The fourth-order valence-electron chi connectivity index (χ4n) is 1.29. The molecule has 6 heteroatoms. The Morgan fingerprint density at radius 1 is 1.22 bits per heavy atom. The predicted molar refractivity (Wildman–Crippen MR) is 72.3 cm³/mol. The number of sulfone groups is 1. The normalized spacial score (nSPS) is 10.9. The number of hydrogen-bond donors (Lipinski definition) is 2. The Bertz CT molecular complexity index is 471. The molecule has 1 aromatic rings. The van der Waals surface area contributed by atoms with Crippen LogP contribution in [0.1, 0.15) is 6.92 Å². The van der Waals surface area contributed by atoms with Crippen molar-refractivity contribution in [3.05, 3.63) is 30.3 Å². The number of para-hydroxylation sites is 1. The van der Waals surface area contributed by atoms with Crippen LogP contribution in [0.25, 0.3) is 0 Å². The zero-order chi connectivity index (χ0) is 13.4. The molecule has 0 heterocycles. The van der Waals surface area contributed by atoms with Crippen LogP contribution in [-0.4, -0.2) is 38.9 Å². The lowest BCUT2D eigenvalue weighted by Crippen LogP contribution is -2.33. The summed E-state index contributed by atoms with van der Waals surface area (Å²) in [6.07, 6.45) is 0. The molecule has 0 fully saturated rings. The van der Waals surface area contributed by atoms with E-state index < -0.39 is 9.84 Å². The molecule has 0 aliphatic heterocycles. The van der Waals surface area contributed by atoms with Gasteiger partial charge in [-0.25, -0.2) is 8.42 Å². The SMILES string of the molecule is CCS(=O)(=O)CCNC(=O)CNc1ccccc1. The number of benzene rings is 1. The Labute approximate surface area is 108 Å². The molecule has 0 spiro atoms. The molecule has 1 aromatic carbocycles. The molecule has 0 saturated heterocycles. The predicted octanol–water partition coefficient (Wildman–Crippen LogP) is 0.649. The minimum absolute atomic E-state index is 0.0133. The highest BCUT2D eigenvalue weighted by molar-refractivity contribution is 7.91. The van der Waals surface area contributed by atoms with E-state index in [-0.39, 0.29) is 30.5 Å². The topological polar surface area (TPSA) is 75.3 Å². The van der Waals surface area contributed by atoms with Gasteiger partial charge in [-0.05, 0) is 12.1 Å². The summed E-state index contributed by atoms with van der Waals surface area (Å²) >= 11 is 0.